The Morgan fingerprint density at radius 1 is 1.29 bits per heavy atom. The summed E-state index contributed by atoms with van der Waals surface area (Å²) in [5.41, 5.74) is 5.50. The van der Waals surface area contributed by atoms with Crippen molar-refractivity contribution in [2.24, 2.45) is 11.7 Å². The molecule has 24 heavy (non-hydrogen) atoms. The van der Waals surface area contributed by atoms with E-state index in [0.717, 1.165) is 4.68 Å². The lowest BCUT2D eigenvalue weighted by molar-refractivity contribution is -0.138. The Bertz CT molecular complexity index is 847. The van der Waals surface area contributed by atoms with Crippen molar-refractivity contribution in [2.75, 3.05) is 6.54 Å². The van der Waals surface area contributed by atoms with E-state index in [0.29, 0.717) is 23.7 Å². The molecular formula is C16H19N5O3. The maximum atomic E-state index is 12.6. The van der Waals surface area contributed by atoms with Gasteiger partial charge >= 0.3 is 0 Å². The summed E-state index contributed by atoms with van der Waals surface area (Å²) in [7, 11) is 0. The van der Waals surface area contributed by atoms with E-state index >= 15 is 0 Å². The molecule has 2 atom stereocenters. The normalized spacial score (nSPS) is 21.0. The number of carbonyl (C=O) groups excluding carboxylic acids is 2. The van der Waals surface area contributed by atoms with Gasteiger partial charge in [0.05, 0.1) is 11.3 Å². The molecule has 1 aromatic heterocycles. The number of primary amides is 1. The molecule has 2 amide bonds. The third-order valence-corrected chi connectivity index (χ3v) is 4.52. The molecule has 1 aliphatic rings. The lowest BCUT2D eigenvalue weighted by Crippen LogP contribution is -2.50. The maximum absolute atomic E-state index is 12.6. The van der Waals surface area contributed by atoms with Gasteiger partial charge in [0, 0.05) is 12.6 Å². The number of likely N-dealkylation sites (tertiary alicyclic amines) is 1. The van der Waals surface area contributed by atoms with Crippen LogP contribution in [0.2, 0.25) is 0 Å². The van der Waals surface area contributed by atoms with E-state index in [4.69, 9.17) is 5.73 Å². The molecule has 2 aromatic rings. The summed E-state index contributed by atoms with van der Waals surface area (Å²) in [6.07, 6.45) is 1.38. The Labute approximate surface area is 138 Å². The fourth-order valence-corrected chi connectivity index (χ4v) is 3.03. The van der Waals surface area contributed by atoms with Crippen LogP contribution in [0, 0.1) is 5.92 Å². The Kier molecular flexibility index (Phi) is 4.28. The summed E-state index contributed by atoms with van der Waals surface area (Å²) < 4.78 is 1.06. The van der Waals surface area contributed by atoms with Crippen LogP contribution in [0.3, 0.4) is 0 Å². The molecular weight excluding hydrogens is 310 g/mol. The first-order valence-corrected chi connectivity index (χ1v) is 7.88. The Balaban J connectivity index is 1.83. The third kappa shape index (κ3) is 2.99. The molecule has 0 spiro atoms. The molecule has 2 unspecified atom stereocenters. The predicted molar refractivity (Wildman–Crippen MR) is 86.9 cm³/mol. The van der Waals surface area contributed by atoms with Crippen molar-refractivity contribution in [1.82, 2.24) is 19.9 Å². The number of hydrogen-bond donors (Lipinski definition) is 1. The number of nitrogens with zero attached hydrogens (tertiary/aromatic N) is 4. The van der Waals surface area contributed by atoms with Crippen molar-refractivity contribution in [3.63, 3.8) is 0 Å². The molecule has 0 saturated carbocycles. The van der Waals surface area contributed by atoms with Crippen molar-refractivity contribution >= 4 is 22.7 Å². The van der Waals surface area contributed by atoms with E-state index in [9.17, 15) is 14.4 Å². The minimum absolute atomic E-state index is 0.00258. The number of amides is 2. The highest BCUT2D eigenvalue weighted by atomic mass is 16.2. The van der Waals surface area contributed by atoms with Gasteiger partial charge in [-0.3, -0.25) is 14.4 Å². The zero-order valence-electron chi connectivity index (χ0n) is 13.4. The van der Waals surface area contributed by atoms with E-state index < -0.39 is 5.91 Å². The highest BCUT2D eigenvalue weighted by Crippen LogP contribution is 2.21. The molecule has 8 heteroatoms. The zero-order chi connectivity index (χ0) is 17.3. The van der Waals surface area contributed by atoms with E-state index in [1.807, 2.05) is 6.92 Å². The molecule has 1 aromatic carbocycles. The van der Waals surface area contributed by atoms with Crippen LogP contribution in [-0.2, 0) is 16.1 Å². The van der Waals surface area contributed by atoms with Gasteiger partial charge in [-0.25, -0.2) is 4.68 Å². The van der Waals surface area contributed by atoms with Gasteiger partial charge in [-0.05, 0) is 31.9 Å². The van der Waals surface area contributed by atoms with Crippen LogP contribution in [0.15, 0.2) is 29.1 Å². The standard InChI is InChI=1S/C16H19N5O3/c1-10-6-7-11(15(17)23)8-20(10)14(22)9-21-16(24)12-4-2-3-5-13(12)18-19-21/h2-5,10-11H,6-9H2,1H3,(H2,17,23). The van der Waals surface area contributed by atoms with E-state index in [2.05, 4.69) is 10.3 Å². The minimum atomic E-state index is -0.401. The van der Waals surface area contributed by atoms with Gasteiger partial charge in [-0.1, -0.05) is 17.3 Å². The molecule has 3 rings (SSSR count). The van der Waals surface area contributed by atoms with Gasteiger partial charge in [-0.2, -0.15) is 0 Å². The fraction of sp³-hybridized carbons (Fsp3) is 0.438. The lowest BCUT2D eigenvalue weighted by atomic mass is 9.93. The molecule has 126 valence electrons. The predicted octanol–water partition coefficient (Wildman–Crippen LogP) is -0.0961. The van der Waals surface area contributed by atoms with Gasteiger partial charge < -0.3 is 10.6 Å². The summed E-state index contributed by atoms with van der Waals surface area (Å²) in [4.78, 5) is 38.0. The van der Waals surface area contributed by atoms with E-state index in [1.165, 1.54) is 0 Å². The lowest BCUT2D eigenvalue weighted by Gasteiger charge is -2.36. The van der Waals surface area contributed by atoms with Gasteiger partial charge in [0.2, 0.25) is 11.8 Å². The van der Waals surface area contributed by atoms with Crippen molar-refractivity contribution in [3.05, 3.63) is 34.6 Å². The summed E-state index contributed by atoms with van der Waals surface area (Å²) in [6, 6.07) is 6.85. The molecule has 8 nitrogen and oxygen atoms in total. The smallest absolute Gasteiger partial charge is 0.278 e. The first kappa shape index (κ1) is 16.1. The topological polar surface area (TPSA) is 111 Å². The van der Waals surface area contributed by atoms with Crippen molar-refractivity contribution in [2.45, 2.75) is 32.4 Å². The van der Waals surface area contributed by atoms with Gasteiger partial charge in [-0.15, -0.1) is 5.10 Å². The average Bonchev–Trinajstić information content (AvgIpc) is 2.57. The molecule has 1 fully saturated rings. The van der Waals surface area contributed by atoms with Gasteiger partial charge in [0.15, 0.2) is 0 Å². The maximum Gasteiger partial charge on any atom is 0.278 e. The first-order valence-electron chi connectivity index (χ1n) is 7.88. The Morgan fingerprint density at radius 3 is 2.79 bits per heavy atom. The number of nitrogens with two attached hydrogens (primary N) is 1. The number of hydrogen-bond acceptors (Lipinski definition) is 5. The molecule has 1 saturated heterocycles. The van der Waals surface area contributed by atoms with Gasteiger partial charge in [0.25, 0.3) is 5.56 Å². The highest BCUT2D eigenvalue weighted by molar-refractivity contribution is 5.81. The van der Waals surface area contributed by atoms with E-state index in [-0.39, 0.29) is 36.5 Å². The van der Waals surface area contributed by atoms with Crippen LogP contribution in [0.1, 0.15) is 19.8 Å². The average molecular weight is 329 g/mol. The molecule has 1 aliphatic heterocycles. The van der Waals surface area contributed by atoms with Crippen LogP contribution in [0.5, 0.6) is 0 Å². The van der Waals surface area contributed by atoms with Crippen molar-refractivity contribution in [1.29, 1.82) is 0 Å². The second-order valence-electron chi connectivity index (χ2n) is 6.14. The van der Waals surface area contributed by atoms with Crippen LogP contribution < -0.4 is 11.3 Å². The van der Waals surface area contributed by atoms with E-state index in [1.54, 1.807) is 29.2 Å². The fourth-order valence-electron chi connectivity index (χ4n) is 3.03. The highest BCUT2D eigenvalue weighted by Gasteiger charge is 2.31. The van der Waals surface area contributed by atoms with Crippen LogP contribution in [0.4, 0.5) is 0 Å². The molecule has 2 heterocycles. The summed E-state index contributed by atoms with van der Waals surface area (Å²) in [5, 5.41) is 8.22. The second kappa shape index (κ2) is 6.38. The SMILES string of the molecule is CC1CCC(C(N)=O)CN1C(=O)Cn1nnc2ccccc2c1=O. The minimum Gasteiger partial charge on any atom is -0.369 e. The monoisotopic (exact) mass is 329 g/mol. The molecule has 2 N–H and O–H groups in total. The largest absolute Gasteiger partial charge is 0.369 e. The Morgan fingerprint density at radius 2 is 2.04 bits per heavy atom. The van der Waals surface area contributed by atoms with Crippen molar-refractivity contribution < 1.29 is 9.59 Å². The molecule has 0 bridgehead atoms. The number of aromatic nitrogens is 3. The molecule has 0 radical (unpaired) electrons. The summed E-state index contributed by atoms with van der Waals surface area (Å²) >= 11 is 0. The van der Waals surface area contributed by atoms with Gasteiger partial charge in [0.1, 0.15) is 12.1 Å². The van der Waals surface area contributed by atoms with Crippen molar-refractivity contribution in [3.8, 4) is 0 Å². The second-order valence-corrected chi connectivity index (χ2v) is 6.14. The summed E-state index contributed by atoms with van der Waals surface area (Å²) in [6.45, 7) is 2.00. The summed E-state index contributed by atoms with van der Waals surface area (Å²) in [5.74, 6) is -1.01. The quantitative estimate of drug-likeness (QED) is 0.845. The van der Waals surface area contributed by atoms with Crippen LogP contribution >= 0.6 is 0 Å². The number of carbonyl (C=O) groups is 2. The first-order chi connectivity index (χ1) is 11.5. The third-order valence-electron chi connectivity index (χ3n) is 4.52. The van der Waals surface area contributed by atoms with Crippen LogP contribution in [-0.4, -0.2) is 44.3 Å². The number of fused-ring (bicyclic) bond motifs is 1. The number of piperidine rings is 1. The zero-order valence-corrected chi connectivity index (χ0v) is 13.4. The Hall–Kier alpha value is -2.77. The number of rotatable bonds is 3. The molecule has 0 aliphatic carbocycles. The number of benzene rings is 1. The van der Waals surface area contributed by atoms with Crippen LogP contribution in [0.25, 0.3) is 10.9 Å².